The van der Waals surface area contributed by atoms with Gasteiger partial charge in [-0.05, 0) is 31.4 Å². The third-order valence-electron chi connectivity index (χ3n) is 4.22. The van der Waals surface area contributed by atoms with Crippen molar-refractivity contribution in [2.75, 3.05) is 12.3 Å². The van der Waals surface area contributed by atoms with Gasteiger partial charge < -0.3 is 15.0 Å². The second kappa shape index (κ2) is 5.05. The predicted octanol–water partition coefficient (Wildman–Crippen LogP) is 2.88. The molecule has 2 heterocycles. The Kier molecular flexibility index (Phi) is 3.38. The summed E-state index contributed by atoms with van der Waals surface area (Å²) in [4.78, 5) is 4.27. The van der Waals surface area contributed by atoms with Gasteiger partial charge in [0.2, 0.25) is 5.95 Å². The van der Waals surface area contributed by atoms with Gasteiger partial charge in [-0.1, -0.05) is 6.92 Å². The Morgan fingerprint density at radius 3 is 3.05 bits per heavy atom. The highest BCUT2D eigenvalue weighted by Gasteiger charge is 2.28. The van der Waals surface area contributed by atoms with Crippen LogP contribution in [0, 0.1) is 18.7 Å². The van der Waals surface area contributed by atoms with Gasteiger partial charge >= 0.3 is 0 Å². The molecule has 1 aliphatic rings. The maximum absolute atomic E-state index is 13.6. The van der Waals surface area contributed by atoms with Gasteiger partial charge in [0.25, 0.3) is 0 Å². The Morgan fingerprint density at radius 2 is 2.30 bits per heavy atom. The van der Waals surface area contributed by atoms with Crippen molar-refractivity contribution in [3.63, 3.8) is 0 Å². The number of aromatic nitrogens is 2. The molecule has 1 fully saturated rings. The molecule has 2 unspecified atom stereocenters. The van der Waals surface area contributed by atoms with E-state index in [1.165, 1.54) is 6.07 Å². The number of aryl methyl sites for hydroxylation is 1. The highest BCUT2D eigenvalue weighted by atomic mass is 19.1. The molecule has 1 aromatic carbocycles. The van der Waals surface area contributed by atoms with Crippen LogP contribution < -0.4 is 5.73 Å². The van der Waals surface area contributed by atoms with Crippen LogP contribution in [0.3, 0.4) is 0 Å². The van der Waals surface area contributed by atoms with E-state index in [2.05, 4.69) is 11.9 Å². The van der Waals surface area contributed by atoms with E-state index in [4.69, 9.17) is 10.5 Å². The van der Waals surface area contributed by atoms with Crippen molar-refractivity contribution < 1.29 is 9.13 Å². The second-order valence-corrected chi connectivity index (χ2v) is 5.54. The van der Waals surface area contributed by atoms with Gasteiger partial charge in [0.1, 0.15) is 5.82 Å². The molecule has 1 aliphatic heterocycles. The van der Waals surface area contributed by atoms with Crippen molar-refractivity contribution in [3.05, 3.63) is 23.5 Å². The van der Waals surface area contributed by atoms with E-state index in [0.717, 1.165) is 31.5 Å². The largest absolute Gasteiger partial charge is 0.378 e. The van der Waals surface area contributed by atoms with E-state index in [1.54, 1.807) is 6.92 Å². The zero-order valence-corrected chi connectivity index (χ0v) is 11.9. The second-order valence-electron chi connectivity index (χ2n) is 5.54. The Labute approximate surface area is 117 Å². The summed E-state index contributed by atoms with van der Waals surface area (Å²) in [6.07, 6.45) is 2.33. The lowest BCUT2D eigenvalue weighted by molar-refractivity contribution is 0.0839. The van der Waals surface area contributed by atoms with Crippen LogP contribution in [0.4, 0.5) is 10.3 Å². The summed E-state index contributed by atoms with van der Waals surface area (Å²) in [7, 11) is 0. The fraction of sp³-hybridized carbons (Fsp3) is 0.533. The minimum atomic E-state index is -0.238. The van der Waals surface area contributed by atoms with E-state index in [-0.39, 0.29) is 11.9 Å². The fourth-order valence-electron chi connectivity index (χ4n) is 3.05. The van der Waals surface area contributed by atoms with E-state index >= 15 is 0 Å². The highest BCUT2D eigenvalue weighted by Crippen LogP contribution is 2.29. The van der Waals surface area contributed by atoms with Gasteiger partial charge in [0, 0.05) is 25.1 Å². The van der Waals surface area contributed by atoms with Gasteiger partial charge in [-0.15, -0.1) is 0 Å². The number of nitrogens with zero attached hydrogens (tertiary/aromatic N) is 2. The van der Waals surface area contributed by atoms with E-state index in [9.17, 15) is 4.39 Å². The average Bonchev–Trinajstić information content (AvgIpc) is 2.97. The molecular weight excluding hydrogens is 257 g/mol. The van der Waals surface area contributed by atoms with Crippen LogP contribution in [0.15, 0.2) is 12.1 Å². The zero-order valence-electron chi connectivity index (χ0n) is 11.9. The molecule has 2 aromatic rings. The fourth-order valence-corrected chi connectivity index (χ4v) is 3.05. The molecule has 20 heavy (non-hydrogen) atoms. The monoisotopic (exact) mass is 277 g/mol. The molecule has 4 nitrogen and oxygen atoms in total. The summed E-state index contributed by atoms with van der Waals surface area (Å²) in [6, 6.07) is 3.28. The minimum absolute atomic E-state index is 0.238. The number of ether oxygens (including phenoxy) is 1. The van der Waals surface area contributed by atoms with E-state index in [1.807, 2.05) is 10.6 Å². The molecule has 2 atom stereocenters. The Hall–Kier alpha value is -1.62. The first-order valence-electron chi connectivity index (χ1n) is 7.13. The molecule has 2 N–H and O–H groups in total. The maximum atomic E-state index is 13.6. The smallest absolute Gasteiger partial charge is 0.201 e. The number of nitrogens with two attached hydrogens (primary N) is 1. The lowest BCUT2D eigenvalue weighted by atomic mass is 9.99. The number of rotatable bonds is 3. The molecule has 0 bridgehead atoms. The molecule has 0 radical (unpaired) electrons. The number of hydrogen-bond donors (Lipinski definition) is 1. The van der Waals surface area contributed by atoms with Crippen LogP contribution in [-0.4, -0.2) is 22.3 Å². The first-order chi connectivity index (χ1) is 9.60. The van der Waals surface area contributed by atoms with E-state index < -0.39 is 0 Å². The number of halogens is 1. The predicted molar refractivity (Wildman–Crippen MR) is 77.0 cm³/mol. The number of nitrogen functional groups attached to an aromatic ring is 1. The Morgan fingerprint density at radius 1 is 1.50 bits per heavy atom. The third kappa shape index (κ3) is 2.16. The van der Waals surface area contributed by atoms with Crippen molar-refractivity contribution in [1.29, 1.82) is 0 Å². The summed E-state index contributed by atoms with van der Waals surface area (Å²) < 4.78 is 21.3. The molecular formula is C15H20FN3O. The summed E-state index contributed by atoms with van der Waals surface area (Å²) in [5.41, 5.74) is 8.15. The Balaban J connectivity index is 1.98. The third-order valence-corrected chi connectivity index (χ3v) is 4.22. The van der Waals surface area contributed by atoms with Gasteiger partial charge in [-0.2, -0.15) is 0 Å². The number of fused-ring (bicyclic) bond motifs is 1. The van der Waals surface area contributed by atoms with Crippen molar-refractivity contribution in [1.82, 2.24) is 9.55 Å². The number of benzene rings is 1. The van der Waals surface area contributed by atoms with E-state index in [0.29, 0.717) is 22.9 Å². The van der Waals surface area contributed by atoms with Gasteiger partial charge in [-0.25, -0.2) is 9.37 Å². The highest BCUT2D eigenvalue weighted by molar-refractivity contribution is 5.79. The zero-order chi connectivity index (χ0) is 14.3. The average molecular weight is 277 g/mol. The quantitative estimate of drug-likeness (QED) is 0.938. The standard InChI is InChI=1S/C15H20FN3O/c1-3-14-10(4-5-20-14)8-19-13-6-9(2)11(16)7-12(13)18-15(19)17/h6-7,10,14H,3-5,8H2,1-2H3,(H2,17,18). The van der Waals surface area contributed by atoms with Crippen molar-refractivity contribution in [2.45, 2.75) is 39.3 Å². The molecule has 0 amide bonds. The topological polar surface area (TPSA) is 53.1 Å². The van der Waals surface area contributed by atoms with Crippen LogP contribution in [0.25, 0.3) is 11.0 Å². The van der Waals surface area contributed by atoms with Gasteiger partial charge in [0.15, 0.2) is 0 Å². The maximum Gasteiger partial charge on any atom is 0.201 e. The minimum Gasteiger partial charge on any atom is -0.378 e. The van der Waals surface area contributed by atoms with Crippen molar-refractivity contribution in [3.8, 4) is 0 Å². The summed E-state index contributed by atoms with van der Waals surface area (Å²) in [5, 5.41) is 0. The van der Waals surface area contributed by atoms with Crippen LogP contribution in [0.2, 0.25) is 0 Å². The lowest BCUT2D eigenvalue weighted by Gasteiger charge is -2.18. The molecule has 0 saturated carbocycles. The molecule has 1 saturated heterocycles. The number of imidazole rings is 1. The molecule has 108 valence electrons. The molecule has 0 aliphatic carbocycles. The summed E-state index contributed by atoms with van der Waals surface area (Å²) in [6.45, 7) is 5.49. The SMILES string of the molecule is CCC1OCCC1Cn1c(N)nc2cc(F)c(C)cc21. The molecule has 0 spiro atoms. The first kappa shape index (κ1) is 13.4. The molecule has 5 heteroatoms. The lowest BCUT2D eigenvalue weighted by Crippen LogP contribution is -2.21. The Bertz CT molecular complexity index is 638. The van der Waals surface area contributed by atoms with Crippen molar-refractivity contribution >= 4 is 17.0 Å². The van der Waals surface area contributed by atoms with Gasteiger partial charge in [0.05, 0.1) is 17.1 Å². The van der Waals surface area contributed by atoms with Crippen LogP contribution in [-0.2, 0) is 11.3 Å². The van der Waals surface area contributed by atoms with Crippen molar-refractivity contribution in [2.24, 2.45) is 5.92 Å². The van der Waals surface area contributed by atoms with Crippen LogP contribution in [0.1, 0.15) is 25.3 Å². The molecule has 3 rings (SSSR count). The number of anilines is 1. The number of hydrogen-bond acceptors (Lipinski definition) is 3. The molecule has 1 aromatic heterocycles. The summed E-state index contributed by atoms with van der Waals surface area (Å²) in [5.74, 6) is 0.662. The van der Waals surface area contributed by atoms with Crippen LogP contribution in [0.5, 0.6) is 0 Å². The summed E-state index contributed by atoms with van der Waals surface area (Å²) >= 11 is 0. The van der Waals surface area contributed by atoms with Crippen LogP contribution >= 0.6 is 0 Å². The first-order valence-corrected chi connectivity index (χ1v) is 7.13. The normalized spacial score (nSPS) is 22.8. The van der Waals surface area contributed by atoms with Gasteiger partial charge in [-0.3, -0.25) is 0 Å².